The molecule has 3 aliphatic heterocycles. The number of aliphatic hydroxyl groups is 5. The average Bonchev–Trinajstić information content (AvgIpc) is 3.33. The molecule has 0 radical (unpaired) electrons. The minimum atomic E-state index is -1.43. The van der Waals surface area contributed by atoms with Gasteiger partial charge in [0.05, 0.1) is 18.8 Å². The van der Waals surface area contributed by atoms with E-state index in [-0.39, 0.29) is 23.5 Å². The van der Waals surface area contributed by atoms with Gasteiger partial charge in [-0.05, 0) is 116 Å². The van der Waals surface area contributed by atoms with Gasteiger partial charge in [0.2, 0.25) is 0 Å². The predicted molar refractivity (Wildman–Crippen MR) is 152 cm³/mol. The van der Waals surface area contributed by atoms with E-state index in [1.165, 1.54) is 45.2 Å². The van der Waals surface area contributed by atoms with Gasteiger partial charge in [0, 0.05) is 19.1 Å². The monoisotopic (exact) mass is 577 g/mol. The van der Waals surface area contributed by atoms with Crippen molar-refractivity contribution in [3.8, 4) is 0 Å². The van der Waals surface area contributed by atoms with E-state index in [4.69, 9.17) is 9.47 Å². The highest BCUT2D eigenvalue weighted by atomic mass is 16.7. The highest BCUT2D eigenvalue weighted by Gasteiger charge is 2.63. The molecule has 5 N–H and O–H groups in total. The number of piperidine rings is 2. The van der Waals surface area contributed by atoms with Crippen LogP contribution in [0.5, 0.6) is 0 Å². The quantitative estimate of drug-likeness (QED) is 0.324. The SMILES string of the molecule is CC1CCC2C(C)C3CCC4C(CC5C4CC(O)C4CCC(OC6OC(CO)C(O)C(O)C6O)CC45C)C3CN2C1. The first-order valence-corrected chi connectivity index (χ1v) is 17.0. The molecular weight excluding hydrogens is 522 g/mol. The third-order valence-electron chi connectivity index (χ3n) is 14.1. The van der Waals surface area contributed by atoms with Crippen LogP contribution < -0.4 is 0 Å². The maximum Gasteiger partial charge on any atom is 0.186 e. The lowest BCUT2D eigenvalue weighted by Crippen LogP contribution is -2.60. The molecule has 0 aromatic rings. The summed E-state index contributed by atoms with van der Waals surface area (Å²) in [5.41, 5.74) is -0.0470. The first-order chi connectivity index (χ1) is 19.6. The van der Waals surface area contributed by atoms with Crippen LogP contribution in [0.25, 0.3) is 0 Å². The lowest BCUT2D eigenvalue weighted by atomic mass is 9.51. The van der Waals surface area contributed by atoms with Crippen molar-refractivity contribution in [2.45, 2.75) is 128 Å². The normalized spacial score (nSPS) is 59.0. The number of ether oxygens (including phenoxy) is 2. The zero-order valence-electron chi connectivity index (χ0n) is 25.3. The van der Waals surface area contributed by atoms with E-state index in [9.17, 15) is 25.5 Å². The van der Waals surface area contributed by atoms with Gasteiger partial charge in [-0.15, -0.1) is 0 Å². The molecule has 7 aliphatic rings. The molecule has 0 aromatic carbocycles. The van der Waals surface area contributed by atoms with Crippen molar-refractivity contribution < 1.29 is 35.0 Å². The summed E-state index contributed by atoms with van der Waals surface area (Å²) < 4.78 is 12.1. The van der Waals surface area contributed by atoms with Crippen LogP contribution in [-0.2, 0) is 9.47 Å². The van der Waals surface area contributed by atoms with Crippen LogP contribution in [0, 0.1) is 58.7 Å². The fourth-order valence-electron chi connectivity index (χ4n) is 12.2. The van der Waals surface area contributed by atoms with Crippen molar-refractivity contribution in [3.05, 3.63) is 0 Å². The second-order valence-electron chi connectivity index (χ2n) is 16.0. The maximum atomic E-state index is 11.5. The molecule has 3 heterocycles. The molecule has 4 aliphatic carbocycles. The summed E-state index contributed by atoms with van der Waals surface area (Å²) in [5.74, 6) is 6.06. The summed E-state index contributed by atoms with van der Waals surface area (Å²) in [6.07, 6.45) is 3.43. The number of hydrogen-bond donors (Lipinski definition) is 5. The van der Waals surface area contributed by atoms with Crippen molar-refractivity contribution in [2.24, 2.45) is 58.7 Å². The van der Waals surface area contributed by atoms with Gasteiger partial charge in [-0.1, -0.05) is 20.8 Å². The predicted octanol–water partition coefficient (Wildman–Crippen LogP) is 2.39. The topological polar surface area (TPSA) is 123 Å². The van der Waals surface area contributed by atoms with E-state index in [2.05, 4.69) is 25.7 Å². The van der Waals surface area contributed by atoms with Gasteiger partial charge in [0.1, 0.15) is 24.4 Å². The Morgan fingerprint density at radius 3 is 2.34 bits per heavy atom. The number of nitrogens with zero attached hydrogens (tertiary/aromatic N) is 1. The molecule has 3 saturated heterocycles. The third kappa shape index (κ3) is 4.68. The fourth-order valence-corrected chi connectivity index (χ4v) is 12.2. The van der Waals surface area contributed by atoms with Gasteiger partial charge in [-0.2, -0.15) is 0 Å². The second kappa shape index (κ2) is 10.9. The maximum absolute atomic E-state index is 11.5. The van der Waals surface area contributed by atoms with Gasteiger partial charge >= 0.3 is 0 Å². The van der Waals surface area contributed by atoms with Gasteiger partial charge in [-0.3, -0.25) is 4.90 Å². The van der Waals surface area contributed by atoms with Crippen LogP contribution in [0.3, 0.4) is 0 Å². The van der Waals surface area contributed by atoms with Crippen LogP contribution >= 0.6 is 0 Å². The number of rotatable bonds is 3. The van der Waals surface area contributed by atoms with Crippen molar-refractivity contribution in [1.29, 1.82) is 0 Å². The highest BCUT2D eigenvalue weighted by molar-refractivity contribution is 5.12. The highest BCUT2D eigenvalue weighted by Crippen LogP contribution is 2.67. The van der Waals surface area contributed by atoms with Gasteiger partial charge in [0.25, 0.3) is 0 Å². The zero-order valence-corrected chi connectivity index (χ0v) is 25.3. The fraction of sp³-hybridized carbons (Fsp3) is 1.00. The molecule has 0 bridgehead atoms. The van der Waals surface area contributed by atoms with Crippen molar-refractivity contribution in [1.82, 2.24) is 4.90 Å². The summed E-state index contributed by atoms with van der Waals surface area (Å²) in [6.45, 7) is 9.46. The number of hydrogen-bond acceptors (Lipinski definition) is 8. The van der Waals surface area contributed by atoms with Crippen LogP contribution in [-0.4, -0.2) is 99.1 Å². The number of fused-ring (bicyclic) bond motifs is 8. The lowest BCUT2D eigenvalue weighted by molar-refractivity contribution is -0.317. The van der Waals surface area contributed by atoms with Crippen LogP contribution in [0.1, 0.15) is 78.6 Å². The van der Waals surface area contributed by atoms with Gasteiger partial charge in [-0.25, -0.2) is 0 Å². The summed E-state index contributed by atoms with van der Waals surface area (Å²) >= 11 is 0. The molecule has 18 atom stereocenters. The van der Waals surface area contributed by atoms with Crippen LogP contribution in [0.15, 0.2) is 0 Å². The molecule has 0 amide bonds. The summed E-state index contributed by atoms with van der Waals surface area (Å²) in [6, 6.07) is 0.773. The van der Waals surface area contributed by atoms with Gasteiger partial charge in [0.15, 0.2) is 6.29 Å². The Kier molecular flexibility index (Phi) is 7.84. The molecule has 234 valence electrons. The van der Waals surface area contributed by atoms with Crippen molar-refractivity contribution >= 4 is 0 Å². The van der Waals surface area contributed by atoms with E-state index in [1.807, 2.05) is 0 Å². The molecule has 41 heavy (non-hydrogen) atoms. The third-order valence-corrected chi connectivity index (χ3v) is 14.1. The first kappa shape index (κ1) is 29.4. The summed E-state index contributed by atoms with van der Waals surface area (Å²) in [4.78, 5) is 2.87. The minimum Gasteiger partial charge on any atom is -0.394 e. The van der Waals surface area contributed by atoms with Crippen LogP contribution in [0.2, 0.25) is 0 Å². The summed E-state index contributed by atoms with van der Waals surface area (Å²) in [5, 5.41) is 52.3. The average molecular weight is 578 g/mol. The standard InChI is InChI=1S/C33H55NO7/c1-16-4-9-26-17(2)19-6-7-20-21(23(19)14-34(26)13-16)10-25-22(20)11-27(36)24-8-5-18(12-33(24,25)3)40-32-31(39)30(38)29(37)28(15-35)41-32/h16-32,35-39H,4-15H2,1-3H3. The van der Waals surface area contributed by atoms with E-state index in [1.54, 1.807) is 0 Å². The van der Waals surface area contributed by atoms with Crippen molar-refractivity contribution in [3.63, 3.8) is 0 Å². The summed E-state index contributed by atoms with van der Waals surface area (Å²) in [7, 11) is 0. The lowest BCUT2D eigenvalue weighted by Gasteiger charge is -2.57. The second-order valence-corrected chi connectivity index (χ2v) is 16.0. The van der Waals surface area contributed by atoms with Crippen molar-refractivity contribution in [2.75, 3.05) is 19.7 Å². The Hall–Kier alpha value is -0.320. The first-order valence-electron chi connectivity index (χ1n) is 17.0. The van der Waals surface area contributed by atoms with E-state index in [0.29, 0.717) is 17.8 Å². The molecule has 0 spiro atoms. The van der Waals surface area contributed by atoms with E-state index >= 15 is 0 Å². The Morgan fingerprint density at radius 2 is 1.56 bits per heavy atom. The number of aliphatic hydroxyl groups excluding tert-OH is 5. The molecular formula is C33H55NO7. The molecule has 8 heteroatoms. The molecule has 8 nitrogen and oxygen atoms in total. The molecule has 7 rings (SSSR count). The Labute approximate surface area is 245 Å². The molecule has 0 aromatic heterocycles. The molecule has 18 unspecified atom stereocenters. The Morgan fingerprint density at radius 1 is 0.780 bits per heavy atom. The Bertz CT molecular complexity index is 949. The van der Waals surface area contributed by atoms with E-state index in [0.717, 1.165) is 61.3 Å². The van der Waals surface area contributed by atoms with Gasteiger partial charge < -0.3 is 35.0 Å². The largest absolute Gasteiger partial charge is 0.394 e. The molecule has 7 fully saturated rings. The minimum absolute atomic E-state index is 0.0470. The Balaban J connectivity index is 1.10. The van der Waals surface area contributed by atoms with E-state index < -0.39 is 37.3 Å². The zero-order chi connectivity index (χ0) is 28.8. The molecule has 4 saturated carbocycles. The van der Waals surface area contributed by atoms with Crippen LogP contribution in [0.4, 0.5) is 0 Å². The smallest absolute Gasteiger partial charge is 0.186 e.